The van der Waals surface area contributed by atoms with Gasteiger partial charge in [0, 0.05) is 19.5 Å². The minimum atomic E-state index is -3.78. The molecule has 1 amide bonds. The number of esters is 1. The van der Waals surface area contributed by atoms with Crippen molar-refractivity contribution in [2.75, 3.05) is 46.6 Å². The number of nitrogens with zero attached hydrogens (tertiary/aromatic N) is 1. The summed E-state index contributed by atoms with van der Waals surface area (Å²) < 4.78 is 42.8. The summed E-state index contributed by atoms with van der Waals surface area (Å²) in [7, 11) is -2.39. The number of carbonyl (C=O) groups is 2. The van der Waals surface area contributed by atoms with Gasteiger partial charge in [-0.15, -0.1) is 0 Å². The first-order valence-electron chi connectivity index (χ1n) is 11.1. The predicted octanol–water partition coefficient (Wildman–Crippen LogP) is 1.93. The molecular formula is C24H30N2O7S. The van der Waals surface area contributed by atoms with Crippen LogP contribution in [0.2, 0.25) is 0 Å². The normalized spacial score (nSPS) is 14.4. The number of methoxy groups -OCH3 is 1. The van der Waals surface area contributed by atoms with Gasteiger partial charge in [-0.3, -0.25) is 4.79 Å². The Morgan fingerprint density at radius 2 is 1.79 bits per heavy atom. The zero-order valence-corrected chi connectivity index (χ0v) is 20.2. The molecule has 0 unspecified atom stereocenters. The van der Waals surface area contributed by atoms with Crippen LogP contribution >= 0.6 is 0 Å². The van der Waals surface area contributed by atoms with Crippen LogP contribution in [0.1, 0.15) is 27.9 Å². The van der Waals surface area contributed by atoms with E-state index in [-0.39, 0.29) is 48.4 Å². The highest BCUT2D eigenvalue weighted by Crippen LogP contribution is 2.25. The largest absolute Gasteiger partial charge is 0.496 e. The molecule has 2 aromatic rings. The van der Waals surface area contributed by atoms with Gasteiger partial charge in [0.2, 0.25) is 15.9 Å². The maximum atomic E-state index is 12.9. The van der Waals surface area contributed by atoms with Gasteiger partial charge in [-0.25, -0.2) is 13.2 Å². The van der Waals surface area contributed by atoms with E-state index in [1.807, 2.05) is 31.2 Å². The molecule has 0 saturated carbocycles. The van der Waals surface area contributed by atoms with Crippen molar-refractivity contribution in [3.05, 3.63) is 59.2 Å². The van der Waals surface area contributed by atoms with Crippen LogP contribution in [0, 0.1) is 6.92 Å². The molecule has 0 aliphatic carbocycles. The number of nitrogens with one attached hydrogen (secondary N) is 1. The number of morpholine rings is 1. The highest BCUT2D eigenvalue weighted by Gasteiger charge is 2.28. The molecule has 0 spiro atoms. The first-order valence-corrected chi connectivity index (χ1v) is 12.5. The van der Waals surface area contributed by atoms with Gasteiger partial charge in [-0.1, -0.05) is 29.8 Å². The fourth-order valence-electron chi connectivity index (χ4n) is 3.46. The van der Waals surface area contributed by atoms with Crippen molar-refractivity contribution in [1.29, 1.82) is 0 Å². The molecule has 0 aromatic heterocycles. The fraction of sp³-hybridized carbons (Fsp3) is 0.417. The van der Waals surface area contributed by atoms with Gasteiger partial charge in [-0.2, -0.15) is 4.31 Å². The zero-order valence-electron chi connectivity index (χ0n) is 19.4. The summed E-state index contributed by atoms with van der Waals surface area (Å²) in [4.78, 5) is 24.6. The van der Waals surface area contributed by atoms with Crippen LogP contribution in [-0.4, -0.2) is 71.2 Å². The lowest BCUT2D eigenvalue weighted by atomic mass is 10.1. The standard InChI is InChI=1S/C24H30N2O7S/c1-18-3-5-19(6-4-18)7-10-23(27)25-11-14-33-24(28)21-17-20(8-9-22(21)31-2)34(29,30)26-12-15-32-16-13-26/h3-6,8-9,17H,7,10-16H2,1-2H3,(H,25,27). The first kappa shape index (κ1) is 25.7. The second-order valence-corrected chi connectivity index (χ2v) is 9.79. The lowest BCUT2D eigenvalue weighted by Gasteiger charge is -2.26. The van der Waals surface area contributed by atoms with Crippen molar-refractivity contribution in [2.45, 2.75) is 24.7 Å². The second kappa shape index (κ2) is 12.0. The Morgan fingerprint density at radius 1 is 1.09 bits per heavy atom. The summed E-state index contributed by atoms with van der Waals surface area (Å²) in [5.41, 5.74) is 2.24. The van der Waals surface area contributed by atoms with Gasteiger partial charge in [0.25, 0.3) is 0 Å². The summed E-state index contributed by atoms with van der Waals surface area (Å²) >= 11 is 0. The molecule has 1 heterocycles. The van der Waals surface area contributed by atoms with Crippen LogP contribution in [-0.2, 0) is 30.7 Å². The fourth-order valence-corrected chi connectivity index (χ4v) is 4.89. The predicted molar refractivity (Wildman–Crippen MR) is 125 cm³/mol. The van der Waals surface area contributed by atoms with E-state index in [4.69, 9.17) is 14.2 Å². The maximum Gasteiger partial charge on any atom is 0.342 e. The van der Waals surface area contributed by atoms with Crippen molar-refractivity contribution < 1.29 is 32.2 Å². The van der Waals surface area contributed by atoms with Gasteiger partial charge in [-0.05, 0) is 37.1 Å². The molecule has 9 nitrogen and oxygen atoms in total. The van der Waals surface area contributed by atoms with E-state index in [1.54, 1.807) is 0 Å². The van der Waals surface area contributed by atoms with E-state index in [0.717, 1.165) is 11.1 Å². The van der Waals surface area contributed by atoms with Crippen molar-refractivity contribution in [3.8, 4) is 5.75 Å². The van der Waals surface area contributed by atoms with Gasteiger partial charge >= 0.3 is 5.97 Å². The van der Waals surface area contributed by atoms with E-state index >= 15 is 0 Å². The third kappa shape index (κ3) is 6.78. The third-order valence-corrected chi connectivity index (χ3v) is 7.31. The van der Waals surface area contributed by atoms with Crippen LogP contribution in [0.25, 0.3) is 0 Å². The SMILES string of the molecule is COc1ccc(S(=O)(=O)N2CCOCC2)cc1C(=O)OCCNC(=O)CCc1ccc(C)cc1. The number of amides is 1. The highest BCUT2D eigenvalue weighted by molar-refractivity contribution is 7.89. The van der Waals surface area contributed by atoms with Crippen LogP contribution in [0.3, 0.4) is 0 Å². The Labute approximate surface area is 200 Å². The third-order valence-electron chi connectivity index (χ3n) is 5.42. The molecule has 34 heavy (non-hydrogen) atoms. The number of sulfonamides is 1. The van der Waals surface area contributed by atoms with E-state index in [2.05, 4.69) is 5.32 Å². The van der Waals surface area contributed by atoms with Crippen molar-refractivity contribution >= 4 is 21.9 Å². The van der Waals surface area contributed by atoms with Gasteiger partial charge < -0.3 is 19.5 Å². The molecular weight excluding hydrogens is 460 g/mol. The molecule has 0 radical (unpaired) electrons. The number of hydrogen-bond donors (Lipinski definition) is 1. The average molecular weight is 491 g/mol. The van der Waals surface area contributed by atoms with Crippen LogP contribution < -0.4 is 10.1 Å². The minimum Gasteiger partial charge on any atom is -0.496 e. The van der Waals surface area contributed by atoms with Crippen LogP contribution in [0.4, 0.5) is 0 Å². The summed E-state index contributed by atoms with van der Waals surface area (Å²) in [6, 6.07) is 12.1. The van der Waals surface area contributed by atoms with Crippen molar-refractivity contribution in [1.82, 2.24) is 9.62 Å². The summed E-state index contributed by atoms with van der Waals surface area (Å²) in [6.45, 7) is 3.23. The highest BCUT2D eigenvalue weighted by atomic mass is 32.2. The van der Waals surface area contributed by atoms with Crippen LogP contribution in [0.15, 0.2) is 47.4 Å². The average Bonchev–Trinajstić information content (AvgIpc) is 2.86. The number of ether oxygens (including phenoxy) is 3. The number of hydrogen-bond acceptors (Lipinski definition) is 7. The van der Waals surface area contributed by atoms with Gasteiger partial charge in [0.1, 0.15) is 17.9 Å². The van der Waals surface area contributed by atoms with E-state index < -0.39 is 16.0 Å². The van der Waals surface area contributed by atoms with Crippen molar-refractivity contribution in [2.24, 2.45) is 0 Å². The number of rotatable bonds is 10. The monoisotopic (exact) mass is 490 g/mol. The Kier molecular flexibility index (Phi) is 9.03. The van der Waals surface area contributed by atoms with Gasteiger partial charge in [0.05, 0.1) is 31.8 Å². The molecule has 1 fully saturated rings. The lowest BCUT2D eigenvalue weighted by Crippen LogP contribution is -2.40. The van der Waals surface area contributed by atoms with Gasteiger partial charge in [0.15, 0.2) is 0 Å². The molecule has 1 N–H and O–H groups in total. The minimum absolute atomic E-state index is 0.00234. The molecule has 184 valence electrons. The summed E-state index contributed by atoms with van der Waals surface area (Å²) in [5, 5.41) is 2.72. The van der Waals surface area contributed by atoms with Crippen molar-refractivity contribution in [3.63, 3.8) is 0 Å². The molecule has 1 aliphatic heterocycles. The molecule has 1 saturated heterocycles. The molecule has 0 atom stereocenters. The Balaban J connectivity index is 1.53. The second-order valence-electron chi connectivity index (χ2n) is 7.85. The molecule has 0 bridgehead atoms. The smallest absolute Gasteiger partial charge is 0.342 e. The maximum absolute atomic E-state index is 12.9. The number of aryl methyl sites for hydroxylation is 2. The molecule has 10 heteroatoms. The van der Waals surface area contributed by atoms with E-state index in [1.165, 1.54) is 29.6 Å². The Bertz CT molecular complexity index is 1090. The quantitative estimate of drug-likeness (QED) is 0.400. The summed E-state index contributed by atoms with van der Waals surface area (Å²) in [6.07, 6.45) is 0.944. The van der Waals surface area contributed by atoms with Crippen LogP contribution in [0.5, 0.6) is 5.75 Å². The number of carbonyl (C=O) groups excluding carboxylic acids is 2. The molecule has 3 rings (SSSR count). The zero-order chi connectivity index (χ0) is 24.6. The number of benzene rings is 2. The Hall–Kier alpha value is -2.95. The topological polar surface area (TPSA) is 111 Å². The Morgan fingerprint density at radius 3 is 2.47 bits per heavy atom. The first-order chi connectivity index (χ1) is 16.3. The lowest BCUT2D eigenvalue weighted by molar-refractivity contribution is -0.121. The van der Waals surface area contributed by atoms with E-state index in [0.29, 0.717) is 26.1 Å². The summed E-state index contributed by atoms with van der Waals surface area (Å²) in [5.74, 6) is -0.675. The molecule has 1 aliphatic rings. The van der Waals surface area contributed by atoms with E-state index in [9.17, 15) is 18.0 Å². The molecule has 2 aromatic carbocycles.